The van der Waals surface area contributed by atoms with Crippen LogP contribution in [0.4, 0.5) is 0 Å². The van der Waals surface area contributed by atoms with E-state index in [9.17, 15) is 5.11 Å². The lowest BCUT2D eigenvalue weighted by atomic mass is 9.98. The van der Waals surface area contributed by atoms with Crippen LogP contribution in [0.25, 0.3) is 0 Å². The molecule has 0 radical (unpaired) electrons. The summed E-state index contributed by atoms with van der Waals surface area (Å²) in [5, 5.41) is 11.1. The second-order valence-electron chi connectivity index (χ2n) is 9.23. The minimum atomic E-state index is -1.72. The molecule has 0 spiro atoms. The SMILES string of the molecule is Cc1sc(C#CCCO[Si](C)(C)C(C)(C)C)c(C(O)CCc2ccccc2)c1C. The highest BCUT2D eigenvalue weighted by Crippen LogP contribution is 2.36. The third kappa shape index (κ3) is 6.55. The van der Waals surface area contributed by atoms with Gasteiger partial charge in [-0.1, -0.05) is 62.9 Å². The zero-order valence-electron chi connectivity index (χ0n) is 19.1. The molecule has 158 valence electrons. The molecule has 2 nitrogen and oxygen atoms in total. The fraction of sp³-hybridized carbons (Fsp3) is 0.520. The van der Waals surface area contributed by atoms with E-state index in [1.165, 1.54) is 16.0 Å². The summed E-state index contributed by atoms with van der Waals surface area (Å²) in [7, 11) is -1.72. The summed E-state index contributed by atoms with van der Waals surface area (Å²) in [6, 6.07) is 10.3. The molecule has 0 aliphatic rings. The maximum absolute atomic E-state index is 10.9. The van der Waals surface area contributed by atoms with Crippen LogP contribution in [0.2, 0.25) is 18.1 Å². The summed E-state index contributed by atoms with van der Waals surface area (Å²) in [4.78, 5) is 2.24. The molecule has 1 aromatic carbocycles. The zero-order chi connectivity index (χ0) is 21.7. The molecule has 0 fully saturated rings. The van der Waals surface area contributed by atoms with Gasteiger partial charge in [-0.3, -0.25) is 0 Å². The highest BCUT2D eigenvalue weighted by molar-refractivity contribution is 7.12. The second kappa shape index (κ2) is 10.1. The zero-order valence-corrected chi connectivity index (χ0v) is 20.9. The van der Waals surface area contributed by atoms with E-state index in [0.717, 1.165) is 23.3 Å². The molecule has 0 saturated carbocycles. The van der Waals surface area contributed by atoms with Crippen molar-refractivity contribution in [1.82, 2.24) is 0 Å². The van der Waals surface area contributed by atoms with Crippen molar-refractivity contribution in [2.24, 2.45) is 0 Å². The Balaban J connectivity index is 2.02. The van der Waals surface area contributed by atoms with Gasteiger partial charge in [0.15, 0.2) is 8.32 Å². The largest absolute Gasteiger partial charge is 0.416 e. The molecule has 0 bridgehead atoms. The van der Waals surface area contributed by atoms with Gasteiger partial charge in [-0.25, -0.2) is 0 Å². The van der Waals surface area contributed by atoms with E-state index in [1.807, 2.05) is 18.2 Å². The molecular weight excluding hydrogens is 392 g/mol. The average Bonchev–Trinajstić information content (AvgIpc) is 2.93. The van der Waals surface area contributed by atoms with Gasteiger partial charge in [0.1, 0.15) is 0 Å². The Bertz CT molecular complexity index is 851. The quantitative estimate of drug-likeness (QED) is 0.299. The topological polar surface area (TPSA) is 29.5 Å². The lowest BCUT2D eigenvalue weighted by Gasteiger charge is -2.35. The number of aliphatic hydroxyl groups is 1. The van der Waals surface area contributed by atoms with Gasteiger partial charge in [0.25, 0.3) is 0 Å². The molecule has 1 aromatic heterocycles. The fourth-order valence-corrected chi connectivity index (χ4v) is 5.08. The number of hydrogen-bond acceptors (Lipinski definition) is 3. The highest BCUT2D eigenvalue weighted by Gasteiger charge is 2.36. The summed E-state index contributed by atoms with van der Waals surface area (Å²) in [5.74, 6) is 6.60. The summed E-state index contributed by atoms with van der Waals surface area (Å²) in [5.41, 5.74) is 3.45. The summed E-state index contributed by atoms with van der Waals surface area (Å²) < 4.78 is 6.22. The lowest BCUT2D eigenvalue weighted by Crippen LogP contribution is -2.40. The Morgan fingerprint density at radius 3 is 2.41 bits per heavy atom. The third-order valence-electron chi connectivity index (χ3n) is 6.01. The van der Waals surface area contributed by atoms with E-state index in [-0.39, 0.29) is 5.04 Å². The highest BCUT2D eigenvalue weighted by atomic mass is 32.1. The molecule has 1 heterocycles. The third-order valence-corrected chi connectivity index (χ3v) is 11.7. The first kappa shape index (κ1) is 23.9. The number of aliphatic hydroxyl groups excluding tert-OH is 1. The first-order valence-electron chi connectivity index (χ1n) is 10.5. The van der Waals surface area contributed by atoms with Crippen molar-refractivity contribution in [3.05, 3.63) is 56.8 Å². The Morgan fingerprint density at radius 1 is 1.14 bits per heavy atom. The molecule has 2 rings (SSSR count). The first-order valence-corrected chi connectivity index (χ1v) is 14.2. The van der Waals surface area contributed by atoms with E-state index in [2.05, 4.69) is 71.7 Å². The van der Waals surface area contributed by atoms with Crippen LogP contribution in [0.1, 0.15) is 66.2 Å². The minimum Gasteiger partial charge on any atom is -0.416 e. The van der Waals surface area contributed by atoms with Crippen molar-refractivity contribution < 1.29 is 9.53 Å². The van der Waals surface area contributed by atoms with Gasteiger partial charge in [0.05, 0.1) is 11.0 Å². The molecule has 0 aliphatic heterocycles. The second-order valence-corrected chi connectivity index (χ2v) is 15.3. The number of benzene rings is 1. The van der Waals surface area contributed by atoms with Crippen molar-refractivity contribution in [3.8, 4) is 11.8 Å². The van der Waals surface area contributed by atoms with E-state index in [1.54, 1.807) is 11.3 Å². The molecule has 0 amide bonds. The predicted octanol–water partition coefficient (Wildman–Crippen LogP) is 6.79. The van der Waals surface area contributed by atoms with Crippen molar-refractivity contribution in [1.29, 1.82) is 0 Å². The first-order chi connectivity index (χ1) is 13.5. The van der Waals surface area contributed by atoms with Gasteiger partial charge in [-0.05, 0) is 55.9 Å². The van der Waals surface area contributed by atoms with Crippen molar-refractivity contribution >= 4 is 19.7 Å². The molecule has 2 aromatic rings. The molecule has 0 saturated heterocycles. The summed E-state index contributed by atoms with van der Waals surface area (Å²) in [6.07, 6.45) is 1.82. The normalized spacial score (nSPS) is 13.1. The maximum atomic E-state index is 10.9. The van der Waals surface area contributed by atoms with Crippen LogP contribution < -0.4 is 0 Å². The van der Waals surface area contributed by atoms with E-state index in [0.29, 0.717) is 13.0 Å². The van der Waals surface area contributed by atoms with Crippen LogP contribution in [-0.4, -0.2) is 20.0 Å². The van der Waals surface area contributed by atoms with Crippen molar-refractivity contribution in [3.63, 3.8) is 0 Å². The van der Waals surface area contributed by atoms with Gasteiger partial charge in [0, 0.05) is 23.5 Å². The van der Waals surface area contributed by atoms with Crippen LogP contribution in [0.15, 0.2) is 30.3 Å². The van der Waals surface area contributed by atoms with E-state index in [4.69, 9.17) is 4.43 Å². The standard InChI is InChI=1S/C25H36O2SSi/c1-19-20(2)28-23(15-11-12-18-27-29(6,7)25(3,4)5)24(19)22(26)17-16-21-13-9-8-10-14-21/h8-10,13-14,22,26H,12,16-18H2,1-7H3. The monoisotopic (exact) mass is 428 g/mol. The van der Waals surface area contributed by atoms with Crippen LogP contribution in [0.5, 0.6) is 0 Å². The molecule has 1 N–H and O–H groups in total. The Morgan fingerprint density at radius 2 is 1.79 bits per heavy atom. The van der Waals surface area contributed by atoms with Crippen molar-refractivity contribution in [2.45, 2.75) is 78.1 Å². The summed E-state index contributed by atoms with van der Waals surface area (Å²) in [6.45, 7) is 16.2. The number of aryl methyl sites for hydroxylation is 2. The van der Waals surface area contributed by atoms with Gasteiger partial charge in [-0.15, -0.1) is 11.3 Å². The Labute approximate surface area is 182 Å². The molecule has 1 atom stereocenters. The molecule has 4 heteroatoms. The van der Waals surface area contributed by atoms with Crippen molar-refractivity contribution in [2.75, 3.05) is 6.61 Å². The van der Waals surface area contributed by atoms with Gasteiger partial charge in [-0.2, -0.15) is 0 Å². The van der Waals surface area contributed by atoms with E-state index < -0.39 is 14.4 Å². The molecule has 29 heavy (non-hydrogen) atoms. The predicted molar refractivity (Wildman–Crippen MR) is 128 cm³/mol. The van der Waals surface area contributed by atoms with E-state index >= 15 is 0 Å². The number of thiophene rings is 1. The van der Waals surface area contributed by atoms with Gasteiger partial charge in [0.2, 0.25) is 0 Å². The minimum absolute atomic E-state index is 0.221. The van der Waals surface area contributed by atoms with Gasteiger partial charge >= 0.3 is 0 Å². The smallest absolute Gasteiger partial charge is 0.192 e. The summed E-state index contributed by atoms with van der Waals surface area (Å²) >= 11 is 1.69. The van der Waals surface area contributed by atoms with Crippen LogP contribution in [0.3, 0.4) is 0 Å². The Kier molecular flexibility index (Phi) is 8.31. The lowest BCUT2D eigenvalue weighted by molar-refractivity contribution is 0.167. The average molecular weight is 429 g/mol. The fourth-order valence-electron chi connectivity index (χ4n) is 2.95. The molecule has 1 unspecified atom stereocenters. The van der Waals surface area contributed by atoms with Crippen LogP contribution in [-0.2, 0) is 10.8 Å². The van der Waals surface area contributed by atoms with Gasteiger partial charge < -0.3 is 9.53 Å². The maximum Gasteiger partial charge on any atom is 0.192 e. The molecular formula is C25H36O2SSi. The number of hydrogen-bond donors (Lipinski definition) is 1. The molecule has 0 aliphatic carbocycles. The Hall–Kier alpha value is -1.38. The van der Waals surface area contributed by atoms with Crippen LogP contribution in [0, 0.1) is 25.7 Å². The number of rotatable bonds is 7. The van der Waals surface area contributed by atoms with Crippen LogP contribution >= 0.6 is 11.3 Å².